The Morgan fingerprint density at radius 3 is 2.59 bits per heavy atom. The number of β-amino-alcohol motifs (C(OH)–C–C–N with tert-alkyl or cyclic N) is 2. The molecule has 0 saturated carbocycles. The van der Waals surface area contributed by atoms with Gasteiger partial charge in [0.1, 0.15) is 0 Å². The van der Waals surface area contributed by atoms with Crippen LogP contribution >= 0.6 is 11.6 Å². The van der Waals surface area contributed by atoms with Crippen molar-refractivity contribution < 1.29 is 15.0 Å². The highest BCUT2D eigenvalue weighted by Crippen LogP contribution is 2.14. The summed E-state index contributed by atoms with van der Waals surface area (Å²) in [5.74, 6) is -0.0613. The number of carbonyl (C=O) groups is 1. The number of hydrogen-bond donors (Lipinski definition) is 2. The third kappa shape index (κ3) is 3.04. The molecule has 1 aliphatic heterocycles. The van der Waals surface area contributed by atoms with Crippen LogP contribution in [0.4, 0.5) is 0 Å². The maximum atomic E-state index is 11.9. The zero-order valence-corrected chi connectivity index (χ0v) is 9.97. The minimum Gasteiger partial charge on any atom is -0.389 e. The number of Topliss-reactive ketones (excluding diaryl/α,β-unsaturated/α-hetero) is 1. The predicted octanol–water partition coefficient (Wildman–Crippen LogP) is 0.560. The number of carbonyl (C=O) groups excluding carboxylic acids is 1. The Hall–Kier alpha value is -0.940. The fourth-order valence-electron chi connectivity index (χ4n) is 1.93. The SMILES string of the molecule is O=C(CN1CC(O)C(O)C1)c1cccc(Cl)c1. The van der Waals surface area contributed by atoms with Crippen molar-refractivity contribution >= 4 is 17.4 Å². The summed E-state index contributed by atoms with van der Waals surface area (Å²) in [5, 5.41) is 19.3. The van der Waals surface area contributed by atoms with Crippen molar-refractivity contribution in [3.05, 3.63) is 34.9 Å². The van der Waals surface area contributed by atoms with Gasteiger partial charge in [0.25, 0.3) is 0 Å². The molecule has 1 aliphatic rings. The average molecular weight is 256 g/mol. The molecule has 5 heteroatoms. The Labute approximate surface area is 104 Å². The summed E-state index contributed by atoms with van der Waals surface area (Å²) in [5.41, 5.74) is 0.549. The fourth-order valence-corrected chi connectivity index (χ4v) is 2.12. The topological polar surface area (TPSA) is 60.8 Å². The Balaban J connectivity index is 1.98. The molecule has 2 unspecified atom stereocenters. The van der Waals surface area contributed by atoms with Gasteiger partial charge in [-0.15, -0.1) is 0 Å². The van der Waals surface area contributed by atoms with Gasteiger partial charge in [0.2, 0.25) is 0 Å². The highest BCUT2D eigenvalue weighted by molar-refractivity contribution is 6.31. The lowest BCUT2D eigenvalue weighted by molar-refractivity contribution is 0.0572. The van der Waals surface area contributed by atoms with Crippen molar-refractivity contribution in [1.82, 2.24) is 4.90 Å². The summed E-state index contributed by atoms with van der Waals surface area (Å²) in [7, 11) is 0. The van der Waals surface area contributed by atoms with E-state index in [2.05, 4.69) is 0 Å². The van der Waals surface area contributed by atoms with E-state index in [1.165, 1.54) is 0 Å². The van der Waals surface area contributed by atoms with Gasteiger partial charge >= 0.3 is 0 Å². The second kappa shape index (κ2) is 5.14. The van der Waals surface area contributed by atoms with Crippen LogP contribution in [0.3, 0.4) is 0 Å². The first-order chi connectivity index (χ1) is 8.06. The molecule has 1 aromatic carbocycles. The molecule has 0 aromatic heterocycles. The summed E-state index contributed by atoms with van der Waals surface area (Å²) < 4.78 is 0. The quantitative estimate of drug-likeness (QED) is 0.775. The van der Waals surface area contributed by atoms with Gasteiger partial charge in [-0.05, 0) is 12.1 Å². The molecule has 0 spiro atoms. The van der Waals surface area contributed by atoms with Gasteiger partial charge in [0.05, 0.1) is 18.8 Å². The number of likely N-dealkylation sites (tertiary alicyclic amines) is 1. The van der Waals surface area contributed by atoms with Crippen LogP contribution in [0.2, 0.25) is 5.02 Å². The van der Waals surface area contributed by atoms with Gasteiger partial charge in [0.15, 0.2) is 5.78 Å². The van der Waals surface area contributed by atoms with E-state index in [0.717, 1.165) is 0 Å². The Bertz CT molecular complexity index is 414. The van der Waals surface area contributed by atoms with E-state index < -0.39 is 12.2 Å². The minimum atomic E-state index is -0.762. The molecule has 1 fully saturated rings. The van der Waals surface area contributed by atoms with Crippen molar-refractivity contribution in [3.63, 3.8) is 0 Å². The number of nitrogens with zero attached hydrogens (tertiary/aromatic N) is 1. The number of halogens is 1. The highest BCUT2D eigenvalue weighted by Gasteiger charge is 2.30. The summed E-state index contributed by atoms with van der Waals surface area (Å²) >= 11 is 5.81. The first kappa shape index (κ1) is 12.5. The van der Waals surface area contributed by atoms with Gasteiger partial charge in [-0.3, -0.25) is 9.69 Å². The highest BCUT2D eigenvalue weighted by atomic mass is 35.5. The number of aliphatic hydroxyl groups excluding tert-OH is 2. The molecule has 4 nitrogen and oxygen atoms in total. The minimum absolute atomic E-state index is 0.0613. The van der Waals surface area contributed by atoms with E-state index in [0.29, 0.717) is 23.7 Å². The molecule has 92 valence electrons. The van der Waals surface area contributed by atoms with E-state index in [-0.39, 0.29) is 12.3 Å². The van der Waals surface area contributed by atoms with E-state index in [1.807, 2.05) is 0 Å². The molecular weight excluding hydrogens is 242 g/mol. The fraction of sp³-hybridized carbons (Fsp3) is 0.417. The molecule has 2 rings (SSSR count). The predicted molar refractivity (Wildman–Crippen MR) is 64.2 cm³/mol. The van der Waals surface area contributed by atoms with Gasteiger partial charge in [-0.1, -0.05) is 23.7 Å². The molecule has 0 aliphatic carbocycles. The normalized spacial score (nSPS) is 25.1. The van der Waals surface area contributed by atoms with Gasteiger partial charge in [-0.25, -0.2) is 0 Å². The Kier molecular flexibility index (Phi) is 3.79. The summed E-state index contributed by atoms with van der Waals surface area (Å²) in [4.78, 5) is 13.6. The standard InChI is InChI=1S/C12H14ClNO3/c13-9-3-1-2-8(4-9)10(15)5-14-6-11(16)12(17)7-14/h1-4,11-12,16-17H,5-7H2. The van der Waals surface area contributed by atoms with Crippen molar-refractivity contribution in [2.45, 2.75) is 12.2 Å². The van der Waals surface area contributed by atoms with Crippen LogP contribution in [0.25, 0.3) is 0 Å². The van der Waals surface area contributed by atoms with Gasteiger partial charge in [-0.2, -0.15) is 0 Å². The maximum absolute atomic E-state index is 11.9. The van der Waals surface area contributed by atoms with Crippen LogP contribution < -0.4 is 0 Å². The van der Waals surface area contributed by atoms with Crippen molar-refractivity contribution in [3.8, 4) is 0 Å². The van der Waals surface area contributed by atoms with E-state index >= 15 is 0 Å². The second-order valence-corrected chi connectivity index (χ2v) is 4.70. The molecule has 2 N–H and O–H groups in total. The van der Waals surface area contributed by atoms with E-state index in [1.54, 1.807) is 29.2 Å². The van der Waals surface area contributed by atoms with Crippen LogP contribution in [0, 0.1) is 0 Å². The van der Waals surface area contributed by atoms with Crippen LogP contribution in [0.15, 0.2) is 24.3 Å². The number of aliphatic hydroxyl groups is 2. The number of hydrogen-bond acceptors (Lipinski definition) is 4. The third-order valence-corrected chi connectivity index (χ3v) is 3.08. The van der Waals surface area contributed by atoms with Crippen molar-refractivity contribution in [2.24, 2.45) is 0 Å². The molecule has 1 heterocycles. The van der Waals surface area contributed by atoms with Gasteiger partial charge in [0, 0.05) is 23.7 Å². The molecule has 0 amide bonds. The molecular formula is C12H14ClNO3. The first-order valence-corrected chi connectivity index (χ1v) is 5.81. The van der Waals surface area contributed by atoms with Crippen molar-refractivity contribution in [2.75, 3.05) is 19.6 Å². The Morgan fingerprint density at radius 2 is 2.00 bits per heavy atom. The molecule has 2 atom stereocenters. The molecule has 17 heavy (non-hydrogen) atoms. The molecule has 1 saturated heterocycles. The molecule has 0 radical (unpaired) electrons. The van der Waals surface area contributed by atoms with Crippen LogP contribution in [-0.2, 0) is 0 Å². The molecule has 1 aromatic rings. The number of ketones is 1. The zero-order chi connectivity index (χ0) is 12.4. The lowest BCUT2D eigenvalue weighted by atomic mass is 10.1. The summed E-state index contributed by atoms with van der Waals surface area (Å²) in [6.07, 6.45) is -1.52. The lowest BCUT2D eigenvalue weighted by Gasteiger charge is -2.13. The number of rotatable bonds is 3. The second-order valence-electron chi connectivity index (χ2n) is 4.26. The van der Waals surface area contributed by atoms with E-state index in [4.69, 9.17) is 11.6 Å². The number of benzene rings is 1. The van der Waals surface area contributed by atoms with Gasteiger partial charge < -0.3 is 10.2 Å². The van der Waals surface area contributed by atoms with Crippen LogP contribution in [0.5, 0.6) is 0 Å². The molecule has 0 bridgehead atoms. The Morgan fingerprint density at radius 1 is 1.35 bits per heavy atom. The third-order valence-electron chi connectivity index (χ3n) is 2.85. The first-order valence-electron chi connectivity index (χ1n) is 5.43. The van der Waals surface area contributed by atoms with Crippen molar-refractivity contribution in [1.29, 1.82) is 0 Å². The lowest BCUT2D eigenvalue weighted by Crippen LogP contribution is -2.28. The van der Waals surface area contributed by atoms with Crippen LogP contribution in [-0.4, -0.2) is 52.7 Å². The van der Waals surface area contributed by atoms with E-state index in [9.17, 15) is 15.0 Å². The largest absolute Gasteiger partial charge is 0.389 e. The van der Waals surface area contributed by atoms with Crippen LogP contribution in [0.1, 0.15) is 10.4 Å². The average Bonchev–Trinajstić information content (AvgIpc) is 2.58. The zero-order valence-electron chi connectivity index (χ0n) is 9.21. The smallest absolute Gasteiger partial charge is 0.176 e. The summed E-state index contributed by atoms with van der Waals surface area (Å²) in [6, 6.07) is 6.76. The monoisotopic (exact) mass is 255 g/mol. The maximum Gasteiger partial charge on any atom is 0.176 e. The summed E-state index contributed by atoms with van der Waals surface area (Å²) in [6.45, 7) is 0.843.